The Kier molecular flexibility index (Phi) is 2.84. The van der Waals surface area contributed by atoms with Crippen molar-refractivity contribution in [1.29, 1.82) is 0 Å². The third-order valence-electron chi connectivity index (χ3n) is 3.18. The topological polar surface area (TPSA) is 32.3 Å². The molecule has 0 aromatic heterocycles. The first-order valence-corrected chi connectivity index (χ1v) is 6.51. The van der Waals surface area contributed by atoms with Crippen molar-refractivity contribution >= 4 is 39.8 Å². The van der Waals surface area contributed by atoms with Gasteiger partial charge in [-0.1, -0.05) is 24.3 Å². The predicted octanol–water partition coefficient (Wildman–Crippen LogP) is 3.82. The number of nitrogens with zero attached hydrogens (tertiary/aromatic N) is 1. The minimum atomic E-state index is -0.0775. The van der Waals surface area contributed by atoms with Gasteiger partial charge in [-0.25, -0.2) is 4.79 Å². The van der Waals surface area contributed by atoms with Crippen LogP contribution in [0.2, 0.25) is 0 Å². The van der Waals surface area contributed by atoms with Crippen LogP contribution in [-0.2, 0) is 0 Å². The van der Waals surface area contributed by atoms with E-state index in [0.29, 0.717) is 12.4 Å². The lowest BCUT2D eigenvalue weighted by molar-refractivity contribution is 0.256. The number of rotatable bonds is 3. The number of hydrogen-bond donors (Lipinski definition) is 1. The zero-order valence-corrected chi connectivity index (χ0v) is 10.6. The van der Waals surface area contributed by atoms with Gasteiger partial charge in [0.05, 0.1) is 11.4 Å². The number of urea groups is 1. The van der Waals surface area contributed by atoms with Crippen LogP contribution in [0.25, 0.3) is 10.8 Å². The van der Waals surface area contributed by atoms with Crippen molar-refractivity contribution in [3.8, 4) is 0 Å². The molecule has 1 aliphatic heterocycles. The number of amides is 2. The van der Waals surface area contributed by atoms with Crippen LogP contribution in [0.15, 0.2) is 36.4 Å². The second-order valence-electron chi connectivity index (χ2n) is 4.31. The molecular weight excluding hydrogens is 248 g/mol. The zero-order valence-electron chi connectivity index (χ0n) is 9.82. The van der Waals surface area contributed by atoms with Gasteiger partial charge in [-0.15, -0.1) is 11.6 Å². The van der Waals surface area contributed by atoms with Crippen LogP contribution in [0.3, 0.4) is 0 Å². The molecule has 0 atom stereocenters. The Morgan fingerprint density at radius 3 is 2.72 bits per heavy atom. The number of carbonyl (C=O) groups excluding carboxylic acids is 1. The molecule has 0 spiro atoms. The van der Waals surface area contributed by atoms with E-state index in [1.165, 1.54) is 0 Å². The normalized spacial score (nSPS) is 13.8. The molecule has 0 radical (unpaired) electrons. The highest BCUT2D eigenvalue weighted by molar-refractivity contribution is 6.19. The molecule has 18 heavy (non-hydrogen) atoms. The maximum atomic E-state index is 12.1. The quantitative estimate of drug-likeness (QED) is 0.836. The molecule has 4 heteroatoms. The van der Waals surface area contributed by atoms with Gasteiger partial charge in [-0.2, -0.15) is 0 Å². The van der Waals surface area contributed by atoms with Crippen LogP contribution in [0.1, 0.15) is 6.42 Å². The van der Waals surface area contributed by atoms with Gasteiger partial charge in [0.2, 0.25) is 0 Å². The van der Waals surface area contributed by atoms with E-state index in [-0.39, 0.29) is 6.03 Å². The highest BCUT2D eigenvalue weighted by atomic mass is 35.5. The van der Waals surface area contributed by atoms with Crippen LogP contribution in [0.5, 0.6) is 0 Å². The SMILES string of the molecule is O=C1Nc2cccc3cccc(c23)N1CCCCl. The maximum Gasteiger partial charge on any atom is 0.326 e. The lowest BCUT2D eigenvalue weighted by Gasteiger charge is -2.29. The van der Waals surface area contributed by atoms with Crippen molar-refractivity contribution in [2.24, 2.45) is 0 Å². The molecule has 1 heterocycles. The van der Waals surface area contributed by atoms with Gasteiger partial charge in [0, 0.05) is 17.8 Å². The van der Waals surface area contributed by atoms with Gasteiger partial charge in [0.15, 0.2) is 0 Å². The summed E-state index contributed by atoms with van der Waals surface area (Å²) in [6.45, 7) is 0.642. The molecule has 1 N–H and O–H groups in total. The molecule has 0 fully saturated rings. The Balaban J connectivity index is 2.16. The minimum absolute atomic E-state index is 0.0775. The van der Waals surface area contributed by atoms with Gasteiger partial charge in [-0.3, -0.25) is 4.90 Å². The summed E-state index contributed by atoms with van der Waals surface area (Å²) in [7, 11) is 0. The van der Waals surface area contributed by atoms with Crippen molar-refractivity contribution in [2.75, 3.05) is 22.6 Å². The standard InChI is InChI=1S/C14H13ClN2O/c15-8-3-9-17-12-7-2-5-10-4-1-6-11(13(10)12)16-14(17)18/h1-2,4-7H,3,8-9H2,(H,16,18). The van der Waals surface area contributed by atoms with Crippen LogP contribution in [0, 0.1) is 0 Å². The van der Waals surface area contributed by atoms with E-state index in [1.54, 1.807) is 4.90 Å². The second kappa shape index (κ2) is 4.50. The van der Waals surface area contributed by atoms with Gasteiger partial charge < -0.3 is 5.32 Å². The third kappa shape index (κ3) is 1.71. The number of hydrogen-bond acceptors (Lipinski definition) is 1. The fourth-order valence-corrected chi connectivity index (χ4v) is 2.50. The molecule has 0 unspecified atom stereocenters. The number of alkyl halides is 1. The molecular formula is C14H13ClN2O. The Labute approximate surface area is 110 Å². The first-order chi connectivity index (χ1) is 8.81. The van der Waals surface area contributed by atoms with Crippen LogP contribution < -0.4 is 10.2 Å². The fraction of sp³-hybridized carbons (Fsp3) is 0.214. The van der Waals surface area contributed by atoms with E-state index in [1.807, 2.05) is 24.3 Å². The smallest absolute Gasteiger partial charge is 0.307 e. The summed E-state index contributed by atoms with van der Waals surface area (Å²) in [5.41, 5.74) is 1.85. The van der Waals surface area contributed by atoms with Crippen molar-refractivity contribution in [3.05, 3.63) is 36.4 Å². The lowest BCUT2D eigenvalue weighted by atomic mass is 10.0. The van der Waals surface area contributed by atoms with E-state index < -0.39 is 0 Å². The summed E-state index contributed by atoms with van der Waals surface area (Å²) in [5.74, 6) is 0.557. The fourth-order valence-electron chi connectivity index (χ4n) is 2.38. The summed E-state index contributed by atoms with van der Waals surface area (Å²) in [5, 5.41) is 5.17. The van der Waals surface area contributed by atoms with Crippen LogP contribution in [-0.4, -0.2) is 18.5 Å². The number of nitrogens with one attached hydrogen (secondary N) is 1. The molecule has 2 aromatic rings. The Bertz CT molecular complexity index is 607. The average Bonchev–Trinajstić information content (AvgIpc) is 2.39. The summed E-state index contributed by atoms with van der Waals surface area (Å²) >= 11 is 5.71. The average molecular weight is 261 g/mol. The number of carbonyl (C=O) groups is 1. The molecule has 0 aliphatic carbocycles. The molecule has 0 bridgehead atoms. The molecule has 2 amide bonds. The van der Waals surface area contributed by atoms with E-state index in [9.17, 15) is 4.79 Å². The van der Waals surface area contributed by atoms with Gasteiger partial charge in [-0.05, 0) is 23.9 Å². The van der Waals surface area contributed by atoms with Gasteiger partial charge in [0.25, 0.3) is 0 Å². The number of benzene rings is 2. The molecule has 0 saturated carbocycles. The largest absolute Gasteiger partial charge is 0.326 e. The van der Waals surface area contributed by atoms with Crippen LogP contribution in [0.4, 0.5) is 16.2 Å². The van der Waals surface area contributed by atoms with Crippen molar-refractivity contribution < 1.29 is 4.79 Å². The van der Waals surface area contributed by atoms with E-state index in [4.69, 9.17) is 11.6 Å². The minimum Gasteiger partial charge on any atom is -0.307 e. The van der Waals surface area contributed by atoms with Gasteiger partial charge in [0.1, 0.15) is 0 Å². The molecule has 2 aromatic carbocycles. The highest BCUT2D eigenvalue weighted by Gasteiger charge is 2.24. The summed E-state index contributed by atoms with van der Waals surface area (Å²) in [4.78, 5) is 13.8. The third-order valence-corrected chi connectivity index (χ3v) is 3.44. The Hall–Kier alpha value is -1.74. The predicted molar refractivity (Wildman–Crippen MR) is 75.6 cm³/mol. The molecule has 92 valence electrons. The molecule has 0 saturated heterocycles. The summed E-state index contributed by atoms with van der Waals surface area (Å²) < 4.78 is 0. The molecule has 3 nitrogen and oxygen atoms in total. The lowest BCUT2D eigenvalue weighted by Crippen LogP contribution is -2.38. The second-order valence-corrected chi connectivity index (χ2v) is 4.68. The molecule has 3 rings (SSSR count). The number of halogens is 1. The van der Waals surface area contributed by atoms with Crippen molar-refractivity contribution in [3.63, 3.8) is 0 Å². The first-order valence-electron chi connectivity index (χ1n) is 5.97. The van der Waals surface area contributed by atoms with E-state index in [2.05, 4.69) is 17.4 Å². The zero-order chi connectivity index (χ0) is 12.5. The maximum absolute atomic E-state index is 12.1. The van der Waals surface area contributed by atoms with Gasteiger partial charge >= 0.3 is 6.03 Å². The Morgan fingerprint density at radius 2 is 1.94 bits per heavy atom. The van der Waals surface area contributed by atoms with Crippen LogP contribution >= 0.6 is 11.6 Å². The van der Waals surface area contributed by atoms with Crippen molar-refractivity contribution in [2.45, 2.75) is 6.42 Å². The number of anilines is 2. The highest BCUT2D eigenvalue weighted by Crippen LogP contribution is 2.36. The summed E-state index contributed by atoms with van der Waals surface area (Å²) in [6.07, 6.45) is 0.785. The van der Waals surface area contributed by atoms with Crippen molar-refractivity contribution in [1.82, 2.24) is 0 Å². The molecule has 1 aliphatic rings. The Morgan fingerprint density at radius 1 is 1.17 bits per heavy atom. The summed E-state index contributed by atoms with van der Waals surface area (Å²) in [6, 6.07) is 11.9. The van der Waals surface area contributed by atoms with E-state index in [0.717, 1.165) is 28.6 Å². The first kappa shape index (κ1) is 11.4. The monoisotopic (exact) mass is 260 g/mol. The van der Waals surface area contributed by atoms with E-state index >= 15 is 0 Å².